The topological polar surface area (TPSA) is 83.8 Å². The molecule has 2 amide bonds. The van der Waals surface area contributed by atoms with Crippen molar-refractivity contribution in [1.82, 2.24) is 24.8 Å². The molecule has 4 aromatic rings. The minimum absolute atomic E-state index is 0.0319. The number of methoxy groups -OCH3 is 1. The van der Waals surface area contributed by atoms with Crippen molar-refractivity contribution in [1.29, 1.82) is 0 Å². The highest BCUT2D eigenvalue weighted by molar-refractivity contribution is 6.36. The van der Waals surface area contributed by atoms with Crippen LogP contribution in [0.3, 0.4) is 0 Å². The number of ether oxygens (including phenoxy) is 1. The third-order valence-corrected chi connectivity index (χ3v) is 7.11. The van der Waals surface area contributed by atoms with E-state index in [-0.39, 0.29) is 6.03 Å². The van der Waals surface area contributed by atoms with Crippen LogP contribution in [0.5, 0.6) is 5.75 Å². The molecular weight excluding hydrogens is 487 g/mol. The maximum absolute atomic E-state index is 12.9. The molecule has 2 aromatic carbocycles. The van der Waals surface area contributed by atoms with E-state index < -0.39 is 0 Å². The summed E-state index contributed by atoms with van der Waals surface area (Å²) in [6.07, 6.45) is 3.85. The second-order valence-corrected chi connectivity index (χ2v) is 9.82. The SMILES string of the molecule is Bc1cnn2c(NCC3CCCN(C(=O)NCc4ccc(OC)cc4)C3)cc(-c3ccccc3Cl)nc12. The molecule has 10 heteroatoms. The minimum Gasteiger partial charge on any atom is -0.497 e. The van der Waals surface area contributed by atoms with Gasteiger partial charge in [-0.2, -0.15) is 9.61 Å². The van der Waals surface area contributed by atoms with Crippen molar-refractivity contribution in [2.45, 2.75) is 19.4 Å². The van der Waals surface area contributed by atoms with Gasteiger partial charge in [-0.25, -0.2) is 9.78 Å². The number of aromatic nitrogens is 3. The van der Waals surface area contributed by atoms with Crippen LogP contribution >= 0.6 is 11.6 Å². The van der Waals surface area contributed by atoms with Crippen LogP contribution in [0.2, 0.25) is 5.02 Å². The summed E-state index contributed by atoms with van der Waals surface area (Å²) in [6, 6.07) is 17.4. The molecule has 1 unspecified atom stereocenters. The standard InChI is InChI=1S/C27H30BClN6O2/c1-37-20-10-8-18(9-11-20)14-31-27(36)34-12-4-5-19(17-34)15-30-25-13-24(21-6-2-3-7-23(21)29)33-26-22(28)16-32-35(25)26/h2-3,6-11,13,16,19,30H,4-5,12,14-15,17,28H2,1H3,(H,31,36). The molecule has 0 radical (unpaired) electrons. The molecule has 0 spiro atoms. The van der Waals surface area contributed by atoms with Gasteiger partial charge in [-0.3, -0.25) is 0 Å². The van der Waals surface area contributed by atoms with Gasteiger partial charge < -0.3 is 20.3 Å². The number of piperidine rings is 1. The summed E-state index contributed by atoms with van der Waals surface area (Å²) >= 11 is 6.47. The lowest BCUT2D eigenvalue weighted by Crippen LogP contribution is -2.46. The number of fused-ring (bicyclic) bond motifs is 1. The minimum atomic E-state index is -0.0319. The number of amides is 2. The molecule has 0 bridgehead atoms. The van der Waals surface area contributed by atoms with Crippen molar-refractivity contribution in [3.05, 3.63) is 71.4 Å². The molecule has 190 valence electrons. The van der Waals surface area contributed by atoms with E-state index in [1.807, 2.05) is 78.1 Å². The van der Waals surface area contributed by atoms with Crippen LogP contribution in [-0.2, 0) is 6.54 Å². The molecule has 2 aromatic heterocycles. The Morgan fingerprint density at radius 1 is 1.22 bits per heavy atom. The molecule has 2 N–H and O–H groups in total. The second-order valence-electron chi connectivity index (χ2n) is 9.41. The summed E-state index contributed by atoms with van der Waals surface area (Å²) in [5, 5.41) is 11.8. The van der Waals surface area contributed by atoms with E-state index in [0.717, 1.165) is 65.4 Å². The van der Waals surface area contributed by atoms with Crippen molar-refractivity contribution < 1.29 is 9.53 Å². The van der Waals surface area contributed by atoms with E-state index in [9.17, 15) is 4.79 Å². The van der Waals surface area contributed by atoms with Crippen LogP contribution in [0.15, 0.2) is 60.8 Å². The Kier molecular flexibility index (Phi) is 7.51. The number of urea groups is 1. The number of halogens is 1. The molecule has 37 heavy (non-hydrogen) atoms. The van der Waals surface area contributed by atoms with Crippen LogP contribution in [0.25, 0.3) is 16.9 Å². The lowest BCUT2D eigenvalue weighted by atomic mass is 9.98. The quantitative estimate of drug-likeness (QED) is 0.368. The summed E-state index contributed by atoms with van der Waals surface area (Å²) in [7, 11) is 3.64. The summed E-state index contributed by atoms with van der Waals surface area (Å²) < 4.78 is 7.03. The van der Waals surface area contributed by atoms with Crippen LogP contribution in [0, 0.1) is 5.92 Å². The molecule has 1 aliphatic heterocycles. The van der Waals surface area contributed by atoms with Crippen molar-refractivity contribution in [2.24, 2.45) is 5.92 Å². The third-order valence-electron chi connectivity index (χ3n) is 6.78. The second kappa shape index (κ2) is 11.1. The summed E-state index contributed by atoms with van der Waals surface area (Å²) in [5.41, 5.74) is 4.51. The number of carbonyl (C=O) groups excluding carboxylic acids is 1. The Hall–Kier alpha value is -3.72. The Morgan fingerprint density at radius 2 is 2.03 bits per heavy atom. The van der Waals surface area contributed by atoms with Crippen molar-refractivity contribution in [3.63, 3.8) is 0 Å². The maximum Gasteiger partial charge on any atom is 0.317 e. The van der Waals surface area contributed by atoms with E-state index in [1.165, 1.54) is 0 Å². The predicted octanol–water partition coefficient (Wildman–Crippen LogP) is 3.35. The molecule has 5 rings (SSSR count). The van der Waals surface area contributed by atoms with Crippen LogP contribution in [0.4, 0.5) is 10.6 Å². The zero-order valence-corrected chi connectivity index (χ0v) is 21.8. The number of rotatable bonds is 7. The van der Waals surface area contributed by atoms with Gasteiger partial charge in [0.25, 0.3) is 0 Å². The molecular formula is C27H30BClN6O2. The maximum atomic E-state index is 12.9. The van der Waals surface area contributed by atoms with E-state index >= 15 is 0 Å². The fourth-order valence-corrected chi connectivity index (χ4v) is 4.94. The average Bonchev–Trinajstić information content (AvgIpc) is 3.31. The highest BCUT2D eigenvalue weighted by Gasteiger charge is 2.24. The first-order chi connectivity index (χ1) is 18.0. The molecule has 8 nitrogen and oxygen atoms in total. The number of likely N-dealkylation sites (tertiary alicyclic amines) is 1. The van der Waals surface area contributed by atoms with Crippen molar-refractivity contribution in [2.75, 3.05) is 32.1 Å². The summed E-state index contributed by atoms with van der Waals surface area (Å²) in [6.45, 7) is 2.67. The number of nitrogens with zero attached hydrogens (tertiary/aromatic N) is 4. The number of hydrogen-bond acceptors (Lipinski definition) is 5. The van der Waals surface area contributed by atoms with E-state index in [1.54, 1.807) is 7.11 Å². The van der Waals surface area contributed by atoms with Crippen molar-refractivity contribution >= 4 is 42.4 Å². The third kappa shape index (κ3) is 5.67. The Balaban J connectivity index is 1.24. The summed E-state index contributed by atoms with van der Waals surface area (Å²) in [5.74, 6) is 1.98. The number of hydrogen-bond donors (Lipinski definition) is 2. The van der Waals surface area contributed by atoms with Crippen LogP contribution in [0.1, 0.15) is 18.4 Å². The predicted molar refractivity (Wildman–Crippen MR) is 150 cm³/mol. The fourth-order valence-electron chi connectivity index (χ4n) is 4.70. The van der Waals surface area contributed by atoms with Crippen LogP contribution in [-0.4, -0.2) is 60.1 Å². The van der Waals surface area contributed by atoms with Gasteiger partial charge in [0.2, 0.25) is 0 Å². The van der Waals surface area contributed by atoms with Crippen molar-refractivity contribution in [3.8, 4) is 17.0 Å². The first-order valence-electron chi connectivity index (χ1n) is 12.5. The highest BCUT2D eigenvalue weighted by atomic mass is 35.5. The number of benzene rings is 2. The normalized spacial score (nSPS) is 15.5. The summed E-state index contributed by atoms with van der Waals surface area (Å²) in [4.78, 5) is 19.6. The monoisotopic (exact) mass is 516 g/mol. The van der Waals surface area contributed by atoms with E-state index in [2.05, 4.69) is 15.7 Å². The lowest BCUT2D eigenvalue weighted by Gasteiger charge is -2.33. The van der Waals surface area contributed by atoms with Gasteiger partial charge in [0.15, 0.2) is 5.65 Å². The average molecular weight is 517 g/mol. The van der Waals surface area contributed by atoms with Gasteiger partial charge in [-0.1, -0.05) is 41.9 Å². The van der Waals surface area contributed by atoms with Crippen LogP contribution < -0.4 is 20.8 Å². The lowest BCUT2D eigenvalue weighted by molar-refractivity contribution is 0.168. The smallest absolute Gasteiger partial charge is 0.317 e. The molecule has 3 heterocycles. The Labute approximate surface area is 222 Å². The van der Waals surface area contributed by atoms with Gasteiger partial charge in [0.05, 0.1) is 12.8 Å². The number of carbonyl (C=O) groups is 1. The largest absolute Gasteiger partial charge is 0.497 e. The van der Waals surface area contributed by atoms with E-state index in [4.69, 9.17) is 21.3 Å². The van der Waals surface area contributed by atoms with E-state index in [0.29, 0.717) is 24.0 Å². The number of anilines is 1. The van der Waals surface area contributed by atoms with Gasteiger partial charge in [-0.05, 0) is 48.0 Å². The fraction of sp³-hybridized carbons (Fsp3) is 0.296. The highest BCUT2D eigenvalue weighted by Crippen LogP contribution is 2.28. The molecule has 1 atom stereocenters. The Morgan fingerprint density at radius 3 is 2.81 bits per heavy atom. The first kappa shape index (κ1) is 25.0. The molecule has 1 fully saturated rings. The van der Waals surface area contributed by atoms with Gasteiger partial charge in [0.1, 0.15) is 19.4 Å². The zero-order valence-electron chi connectivity index (χ0n) is 21.1. The first-order valence-corrected chi connectivity index (χ1v) is 12.9. The molecule has 0 saturated carbocycles. The van der Waals surface area contributed by atoms with Gasteiger partial charge >= 0.3 is 6.03 Å². The molecule has 0 aliphatic carbocycles. The van der Waals surface area contributed by atoms with Gasteiger partial charge in [0, 0.05) is 49.0 Å². The molecule has 1 aliphatic rings. The number of nitrogens with one attached hydrogen (secondary N) is 2. The van der Waals surface area contributed by atoms with Gasteiger partial charge in [-0.15, -0.1) is 0 Å². The molecule has 1 saturated heterocycles. The zero-order chi connectivity index (χ0) is 25.8. The Bertz CT molecular complexity index is 1390.